The normalized spacial score (nSPS) is 11.9. The molecular weight excluding hydrogens is 200 g/mol. The summed E-state index contributed by atoms with van der Waals surface area (Å²) in [5.41, 5.74) is 7.19. The average Bonchev–Trinajstić information content (AvgIpc) is 2.26. The van der Waals surface area contributed by atoms with E-state index in [2.05, 4.69) is 20.7 Å². The number of hydrogen-bond acceptors (Lipinski definition) is 7. The van der Waals surface area contributed by atoms with Gasteiger partial charge in [0.25, 0.3) is 0 Å². The summed E-state index contributed by atoms with van der Waals surface area (Å²) < 4.78 is 0. The van der Waals surface area contributed by atoms with Crippen LogP contribution in [0.2, 0.25) is 0 Å². The Kier molecular flexibility index (Phi) is 3.77. The maximum absolute atomic E-state index is 10.5. The molecule has 0 aliphatic heterocycles. The number of anilines is 2. The summed E-state index contributed by atoms with van der Waals surface area (Å²) in [6.07, 6.45) is 0.0306. The van der Waals surface area contributed by atoms with E-state index in [1.54, 1.807) is 0 Å². The van der Waals surface area contributed by atoms with Crippen LogP contribution in [0.3, 0.4) is 0 Å². The number of rotatable bonds is 5. The predicted octanol–water partition coefficient (Wildman–Crippen LogP) is -1.98. The summed E-state index contributed by atoms with van der Waals surface area (Å²) in [5.74, 6) is 5.18. The fraction of sp³-hybridized carbons (Fsp3) is 0.286. The zero-order valence-electron chi connectivity index (χ0n) is 7.84. The lowest BCUT2D eigenvalue weighted by molar-refractivity contribution is -0.125. The molecule has 1 amide bonds. The average molecular weight is 212 g/mol. The van der Waals surface area contributed by atoms with Gasteiger partial charge in [-0.25, -0.2) is 15.8 Å². The minimum Gasteiger partial charge on any atom is -0.381 e. The molecule has 1 unspecified atom stereocenters. The van der Waals surface area contributed by atoms with E-state index in [1.807, 2.05) is 0 Å². The summed E-state index contributed by atoms with van der Waals surface area (Å²) in [6.45, 7) is -0.0175. The van der Waals surface area contributed by atoms with Gasteiger partial charge in [-0.15, -0.1) is 0 Å². The van der Waals surface area contributed by atoms with Crippen LogP contribution in [0.5, 0.6) is 0 Å². The Labute approximate surface area is 85.7 Å². The number of amides is 1. The highest BCUT2D eigenvalue weighted by molar-refractivity contribution is 5.79. The number of primary amides is 1. The number of aliphatic hydroxyl groups excluding tert-OH is 1. The second-order valence-corrected chi connectivity index (χ2v) is 2.73. The van der Waals surface area contributed by atoms with Crippen molar-refractivity contribution in [3.05, 3.63) is 12.4 Å². The first kappa shape index (κ1) is 11.1. The topological polar surface area (TPSA) is 139 Å². The molecule has 0 aromatic carbocycles. The van der Waals surface area contributed by atoms with E-state index in [-0.39, 0.29) is 6.54 Å². The third-order valence-electron chi connectivity index (χ3n) is 1.62. The highest BCUT2D eigenvalue weighted by Crippen LogP contribution is 2.06. The number of nitrogens with one attached hydrogen (secondary N) is 2. The van der Waals surface area contributed by atoms with Gasteiger partial charge in [0.1, 0.15) is 24.1 Å². The molecule has 0 bridgehead atoms. The maximum atomic E-state index is 10.5. The molecule has 1 aromatic rings. The molecule has 1 aromatic heterocycles. The van der Waals surface area contributed by atoms with Crippen LogP contribution in [0.15, 0.2) is 12.4 Å². The third kappa shape index (κ3) is 3.37. The van der Waals surface area contributed by atoms with E-state index >= 15 is 0 Å². The van der Waals surface area contributed by atoms with E-state index < -0.39 is 12.0 Å². The first-order valence-electron chi connectivity index (χ1n) is 4.13. The Hall–Kier alpha value is -1.93. The second kappa shape index (κ2) is 5.08. The molecule has 1 atom stereocenters. The number of nitrogens with zero attached hydrogens (tertiary/aromatic N) is 2. The molecule has 7 N–H and O–H groups in total. The number of carbonyl (C=O) groups is 1. The van der Waals surface area contributed by atoms with Gasteiger partial charge in [-0.1, -0.05) is 0 Å². The molecule has 0 spiro atoms. The number of nitrogens with two attached hydrogens (primary N) is 2. The molecule has 15 heavy (non-hydrogen) atoms. The van der Waals surface area contributed by atoms with Crippen molar-refractivity contribution in [3.63, 3.8) is 0 Å². The van der Waals surface area contributed by atoms with Gasteiger partial charge in [-0.2, -0.15) is 0 Å². The Morgan fingerprint density at radius 1 is 1.53 bits per heavy atom. The van der Waals surface area contributed by atoms with Crippen molar-refractivity contribution < 1.29 is 9.90 Å². The highest BCUT2D eigenvalue weighted by atomic mass is 16.3. The molecule has 0 aliphatic carbocycles. The van der Waals surface area contributed by atoms with Crippen molar-refractivity contribution in [3.8, 4) is 0 Å². The lowest BCUT2D eigenvalue weighted by Crippen LogP contribution is -2.34. The molecule has 1 heterocycles. The molecule has 8 heteroatoms. The fourth-order valence-corrected chi connectivity index (χ4v) is 0.835. The molecule has 1 rings (SSSR count). The monoisotopic (exact) mass is 212 g/mol. The number of aliphatic hydroxyl groups is 1. The van der Waals surface area contributed by atoms with E-state index in [4.69, 9.17) is 16.7 Å². The Morgan fingerprint density at radius 2 is 2.20 bits per heavy atom. The van der Waals surface area contributed by atoms with Crippen molar-refractivity contribution >= 4 is 17.5 Å². The van der Waals surface area contributed by atoms with Crippen LogP contribution in [0.1, 0.15) is 0 Å². The van der Waals surface area contributed by atoms with Crippen LogP contribution in [0.4, 0.5) is 11.6 Å². The minimum absolute atomic E-state index is 0.0175. The SMILES string of the molecule is NNc1cc(NCC(O)C(N)=O)ncn1. The summed E-state index contributed by atoms with van der Waals surface area (Å²) in [4.78, 5) is 18.1. The smallest absolute Gasteiger partial charge is 0.248 e. The Morgan fingerprint density at radius 3 is 2.80 bits per heavy atom. The van der Waals surface area contributed by atoms with Gasteiger partial charge in [-0.05, 0) is 0 Å². The molecule has 0 aliphatic rings. The van der Waals surface area contributed by atoms with Gasteiger partial charge in [0.15, 0.2) is 0 Å². The number of hydrogen-bond donors (Lipinski definition) is 5. The summed E-state index contributed by atoms with van der Waals surface area (Å²) in [5, 5.41) is 11.8. The van der Waals surface area contributed by atoms with Gasteiger partial charge >= 0.3 is 0 Å². The summed E-state index contributed by atoms with van der Waals surface area (Å²) >= 11 is 0. The van der Waals surface area contributed by atoms with Crippen molar-refractivity contribution in [2.24, 2.45) is 11.6 Å². The van der Waals surface area contributed by atoms with Gasteiger partial charge < -0.3 is 21.6 Å². The minimum atomic E-state index is -1.26. The predicted molar refractivity (Wildman–Crippen MR) is 53.5 cm³/mol. The first-order chi connectivity index (χ1) is 7.13. The fourth-order valence-electron chi connectivity index (χ4n) is 0.835. The molecule has 0 saturated heterocycles. The largest absolute Gasteiger partial charge is 0.381 e. The van der Waals surface area contributed by atoms with E-state index in [1.165, 1.54) is 12.4 Å². The molecule has 82 valence electrons. The van der Waals surface area contributed by atoms with Crippen LogP contribution < -0.4 is 22.3 Å². The van der Waals surface area contributed by atoms with Crippen molar-refractivity contribution in [2.45, 2.75) is 6.10 Å². The molecular formula is C7H12N6O2. The lowest BCUT2D eigenvalue weighted by atomic mass is 10.3. The van der Waals surface area contributed by atoms with Crippen LogP contribution in [0.25, 0.3) is 0 Å². The summed E-state index contributed by atoms with van der Waals surface area (Å²) in [6, 6.07) is 1.52. The number of nitrogen functional groups attached to an aromatic ring is 1. The first-order valence-corrected chi connectivity index (χ1v) is 4.13. The van der Waals surface area contributed by atoms with Crippen LogP contribution >= 0.6 is 0 Å². The third-order valence-corrected chi connectivity index (χ3v) is 1.62. The van der Waals surface area contributed by atoms with Crippen LogP contribution in [0, 0.1) is 0 Å². The van der Waals surface area contributed by atoms with E-state index in [9.17, 15) is 4.79 Å². The van der Waals surface area contributed by atoms with Gasteiger partial charge in [0.05, 0.1) is 6.54 Å². The summed E-state index contributed by atoms with van der Waals surface area (Å²) in [7, 11) is 0. The van der Waals surface area contributed by atoms with Gasteiger partial charge in [-0.3, -0.25) is 4.79 Å². The molecule has 0 radical (unpaired) electrons. The second-order valence-electron chi connectivity index (χ2n) is 2.73. The van der Waals surface area contributed by atoms with E-state index in [0.717, 1.165) is 0 Å². The Balaban J connectivity index is 2.53. The number of aromatic nitrogens is 2. The van der Waals surface area contributed by atoms with Crippen LogP contribution in [-0.2, 0) is 4.79 Å². The van der Waals surface area contributed by atoms with E-state index in [0.29, 0.717) is 11.6 Å². The number of hydrazine groups is 1. The zero-order chi connectivity index (χ0) is 11.3. The molecule has 8 nitrogen and oxygen atoms in total. The van der Waals surface area contributed by atoms with Crippen molar-refractivity contribution in [2.75, 3.05) is 17.3 Å². The van der Waals surface area contributed by atoms with Crippen LogP contribution in [-0.4, -0.2) is 33.6 Å². The maximum Gasteiger partial charge on any atom is 0.248 e. The standard InChI is InChI=1S/C7H12N6O2/c8-7(15)4(14)2-10-5-1-6(13-9)12-3-11-5/h1,3-4,14H,2,9H2,(H2,8,15)(H2,10,11,12,13). The van der Waals surface area contributed by atoms with Gasteiger partial charge in [0.2, 0.25) is 5.91 Å². The quantitative estimate of drug-likeness (QED) is 0.281. The zero-order valence-corrected chi connectivity index (χ0v) is 7.84. The van der Waals surface area contributed by atoms with Crippen molar-refractivity contribution in [1.82, 2.24) is 9.97 Å². The lowest BCUT2D eigenvalue weighted by Gasteiger charge is -2.09. The van der Waals surface area contributed by atoms with Crippen molar-refractivity contribution in [1.29, 1.82) is 0 Å². The van der Waals surface area contributed by atoms with Gasteiger partial charge in [0, 0.05) is 6.07 Å². The number of carbonyl (C=O) groups excluding carboxylic acids is 1. The Bertz CT molecular complexity index is 344. The highest BCUT2D eigenvalue weighted by Gasteiger charge is 2.10. The molecule has 0 saturated carbocycles. The molecule has 0 fully saturated rings.